The van der Waals surface area contributed by atoms with E-state index in [4.69, 9.17) is 5.11 Å². The first-order valence-electron chi connectivity index (χ1n) is 5.33. The number of hydrogen-bond acceptors (Lipinski definition) is 3. The molecular formula is C12H14N2O2S. The van der Waals surface area contributed by atoms with Gasteiger partial charge in [-0.3, -0.25) is 0 Å². The molecular weight excluding hydrogens is 236 g/mol. The van der Waals surface area contributed by atoms with Gasteiger partial charge in [0.05, 0.1) is 22.9 Å². The van der Waals surface area contributed by atoms with Crippen molar-refractivity contribution in [2.24, 2.45) is 0 Å². The summed E-state index contributed by atoms with van der Waals surface area (Å²) in [7, 11) is 0. The van der Waals surface area contributed by atoms with Crippen molar-refractivity contribution < 1.29 is 9.90 Å². The molecule has 1 aromatic carbocycles. The van der Waals surface area contributed by atoms with Crippen LogP contribution in [0.5, 0.6) is 0 Å². The molecule has 0 radical (unpaired) electrons. The summed E-state index contributed by atoms with van der Waals surface area (Å²) in [6.07, 6.45) is 3.84. The molecule has 1 unspecified atom stereocenters. The first kappa shape index (κ1) is 12.0. The van der Waals surface area contributed by atoms with Crippen molar-refractivity contribution in [2.45, 2.75) is 18.7 Å². The summed E-state index contributed by atoms with van der Waals surface area (Å²) in [5, 5.41) is 9.40. The number of rotatable bonds is 4. The minimum absolute atomic E-state index is 0.278. The molecule has 0 spiro atoms. The lowest BCUT2D eigenvalue weighted by Crippen LogP contribution is -2.07. The number of carboxylic acids is 1. The number of fused-ring (bicyclic) bond motifs is 1. The zero-order chi connectivity index (χ0) is 12.4. The third-order valence-electron chi connectivity index (χ3n) is 2.72. The van der Waals surface area contributed by atoms with Crippen LogP contribution in [0.1, 0.15) is 17.3 Å². The van der Waals surface area contributed by atoms with Crippen LogP contribution in [0.4, 0.5) is 0 Å². The second kappa shape index (κ2) is 4.79. The smallest absolute Gasteiger partial charge is 0.335 e. The zero-order valence-corrected chi connectivity index (χ0v) is 10.6. The Hall–Kier alpha value is -1.49. The normalized spacial score (nSPS) is 12.8. The number of carboxylic acid groups (broad SMARTS) is 1. The largest absolute Gasteiger partial charge is 0.478 e. The first-order valence-corrected chi connectivity index (χ1v) is 6.61. The molecule has 2 aromatic rings. The number of nitrogens with zero attached hydrogens (tertiary/aromatic N) is 2. The van der Waals surface area contributed by atoms with Gasteiger partial charge in [-0.15, -0.1) is 0 Å². The summed E-state index contributed by atoms with van der Waals surface area (Å²) < 4.78 is 2.06. The van der Waals surface area contributed by atoms with Crippen LogP contribution in [0.3, 0.4) is 0 Å². The van der Waals surface area contributed by atoms with Crippen molar-refractivity contribution in [1.29, 1.82) is 0 Å². The van der Waals surface area contributed by atoms with Gasteiger partial charge in [0.1, 0.15) is 0 Å². The van der Waals surface area contributed by atoms with Gasteiger partial charge in [0.2, 0.25) is 0 Å². The molecule has 1 N–H and O–H groups in total. The average Bonchev–Trinajstić information content (AvgIpc) is 2.71. The monoisotopic (exact) mass is 250 g/mol. The minimum atomic E-state index is -0.918. The number of aromatic nitrogens is 2. The number of carbonyl (C=O) groups is 1. The third kappa shape index (κ3) is 2.44. The number of imidazole rings is 1. The van der Waals surface area contributed by atoms with Gasteiger partial charge in [-0.2, -0.15) is 11.8 Å². The highest BCUT2D eigenvalue weighted by atomic mass is 32.2. The molecule has 0 fully saturated rings. The van der Waals surface area contributed by atoms with E-state index in [9.17, 15) is 4.79 Å². The van der Waals surface area contributed by atoms with Crippen LogP contribution >= 0.6 is 11.8 Å². The van der Waals surface area contributed by atoms with Crippen LogP contribution in [0.25, 0.3) is 11.0 Å². The molecule has 1 aromatic heterocycles. The van der Waals surface area contributed by atoms with Gasteiger partial charge in [0, 0.05) is 11.8 Å². The van der Waals surface area contributed by atoms with Crippen LogP contribution in [-0.4, -0.2) is 32.1 Å². The van der Waals surface area contributed by atoms with Gasteiger partial charge in [0.15, 0.2) is 0 Å². The fourth-order valence-corrected chi connectivity index (χ4v) is 2.00. The molecule has 0 saturated heterocycles. The maximum atomic E-state index is 10.8. The summed E-state index contributed by atoms with van der Waals surface area (Å²) in [5.41, 5.74) is 2.00. The van der Waals surface area contributed by atoms with E-state index >= 15 is 0 Å². The standard InChI is InChI=1S/C12H14N2O2S/c1-8(17-2)6-14-7-13-10-5-9(12(15)16)3-4-11(10)14/h3-5,7-8H,6H2,1-2H3,(H,15,16). The Morgan fingerprint density at radius 1 is 1.59 bits per heavy atom. The Labute approximate surface area is 104 Å². The van der Waals surface area contributed by atoms with Crippen molar-refractivity contribution in [3.05, 3.63) is 30.1 Å². The number of hydrogen-bond donors (Lipinski definition) is 1. The molecule has 0 aliphatic rings. The number of thioether (sulfide) groups is 1. The Morgan fingerprint density at radius 2 is 2.35 bits per heavy atom. The maximum Gasteiger partial charge on any atom is 0.335 e. The summed E-state index contributed by atoms with van der Waals surface area (Å²) in [6, 6.07) is 5.04. The second-order valence-electron chi connectivity index (χ2n) is 3.95. The fraction of sp³-hybridized carbons (Fsp3) is 0.333. The molecule has 0 bridgehead atoms. The van der Waals surface area contributed by atoms with E-state index < -0.39 is 5.97 Å². The van der Waals surface area contributed by atoms with E-state index in [2.05, 4.69) is 22.7 Å². The second-order valence-corrected chi connectivity index (χ2v) is 5.23. The molecule has 5 heteroatoms. The fourth-order valence-electron chi connectivity index (χ4n) is 1.69. The van der Waals surface area contributed by atoms with Crippen LogP contribution in [-0.2, 0) is 6.54 Å². The van der Waals surface area contributed by atoms with Gasteiger partial charge < -0.3 is 9.67 Å². The summed E-state index contributed by atoms with van der Waals surface area (Å²) in [5.74, 6) is -0.918. The average molecular weight is 250 g/mol. The van der Waals surface area contributed by atoms with E-state index in [0.717, 1.165) is 17.6 Å². The molecule has 0 amide bonds. The molecule has 1 heterocycles. The van der Waals surface area contributed by atoms with Crippen molar-refractivity contribution in [3.63, 3.8) is 0 Å². The number of benzene rings is 1. The lowest BCUT2D eigenvalue weighted by atomic mass is 10.2. The molecule has 2 rings (SSSR count). The van der Waals surface area contributed by atoms with Gasteiger partial charge in [-0.25, -0.2) is 9.78 Å². The van der Waals surface area contributed by atoms with Gasteiger partial charge in [0.25, 0.3) is 0 Å². The predicted molar refractivity (Wildman–Crippen MR) is 69.7 cm³/mol. The SMILES string of the molecule is CSC(C)Cn1cnc2cc(C(=O)O)ccc21. The number of aromatic carboxylic acids is 1. The molecule has 4 nitrogen and oxygen atoms in total. The Kier molecular flexibility index (Phi) is 3.38. The quantitative estimate of drug-likeness (QED) is 0.905. The highest BCUT2D eigenvalue weighted by Crippen LogP contribution is 2.17. The highest BCUT2D eigenvalue weighted by molar-refractivity contribution is 7.99. The van der Waals surface area contributed by atoms with Crippen molar-refractivity contribution in [2.75, 3.05) is 6.26 Å². The summed E-state index contributed by atoms with van der Waals surface area (Å²) >= 11 is 1.80. The zero-order valence-electron chi connectivity index (χ0n) is 9.75. The Bertz CT molecular complexity index is 550. The topological polar surface area (TPSA) is 55.1 Å². The lowest BCUT2D eigenvalue weighted by Gasteiger charge is -2.09. The highest BCUT2D eigenvalue weighted by Gasteiger charge is 2.09. The molecule has 90 valence electrons. The van der Waals surface area contributed by atoms with Gasteiger partial charge >= 0.3 is 5.97 Å². The van der Waals surface area contributed by atoms with E-state index in [-0.39, 0.29) is 5.56 Å². The minimum Gasteiger partial charge on any atom is -0.478 e. The molecule has 17 heavy (non-hydrogen) atoms. The van der Waals surface area contributed by atoms with Crippen molar-refractivity contribution in [1.82, 2.24) is 9.55 Å². The van der Waals surface area contributed by atoms with Crippen LogP contribution < -0.4 is 0 Å². The third-order valence-corrected chi connectivity index (χ3v) is 3.68. The molecule has 1 atom stereocenters. The van der Waals surface area contributed by atoms with Crippen LogP contribution in [0, 0.1) is 0 Å². The summed E-state index contributed by atoms with van der Waals surface area (Å²) in [4.78, 5) is 15.1. The first-order chi connectivity index (χ1) is 8.11. The van der Waals surface area contributed by atoms with E-state index in [1.807, 2.05) is 6.07 Å². The Morgan fingerprint density at radius 3 is 3.00 bits per heavy atom. The van der Waals surface area contributed by atoms with Gasteiger partial charge in [-0.05, 0) is 24.5 Å². The van der Waals surface area contributed by atoms with Crippen LogP contribution in [0.2, 0.25) is 0 Å². The van der Waals surface area contributed by atoms with Crippen LogP contribution in [0.15, 0.2) is 24.5 Å². The molecule has 0 saturated carbocycles. The summed E-state index contributed by atoms with van der Waals surface area (Å²) in [6.45, 7) is 3.03. The van der Waals surface area contributed by atoms with Gasteiger partial charge in [-0.1, -0.05) is 6.92 Å². The maximum absolute atomic E-state index is 10.8. The lowest BCUT2D eigenvalue weighted by molar-refractivity contribution is 0.0697. The predicted octanol–water partition coefficient (Wildman–Crippen LogP) is 2.49. The van der Waals surface area contributed by atoms with E-state index in [1.165, 1.54) is 0 Å². The molecule has 0 aliphatic carbocycles. The molecule has 0 aliphatic heterocycles. The van der Waals surface area contributed by atoms with E-state index in [0.29, 0.717) is 5.25 Å². The Balaban J connectivity index is 2.38. The van der Waals surface area contributed by atoms with Crippen molar-refractivity contribution in [3.8, 4) is 0 Å². The van der Waals surface area contributed by atoms with E-state index in [1.54, 1.807) is 30.2 Å². The van der Waals surface area contributed by atoms with Crippen molar-refractivity contribution >= 4 is 28.8 Å².